The molecule has 2 amide bonds. The zero-order valence-corrected chi connectivity index (χ0v) is 15.5. The molecule has 0 unspecified atom stereocenters. The summed E-state index contributed by atoms with van der Waals surface area (Å²) in [6.07, 6.45) is 9.52. The number of carbonyl (C=O) groups is 2. The Kier molecular flexibility index (Phi) is 8.34. The Hall–Kier alpha value is -2.68. The molecule has 0 saturated heterocycles. The first-order chi connectivity index (χ1) is 12.7. The number of anilines is 1. The van der Waals surface area contributed by atoms with Crippen molar-refractivity contribution in [2.45, 2.75) is 45.4 Å². The average Bonchev–Trinajstić information content (AvgIpc) is 3.06. The molecule has 138 valence electrons. The van der Waals surface area contributed by atoms with E-state index in [-0.39, 0.29) is 18.2 Å². The Morgan fingerprint density at radius 3 is 2.73 bits per heavy atom. The van der Waals surface area contributed by atoms with Crippen LogP contribution < -0.4 is 10.7 Å². The van der Waals surface area contributed by atoms with Crippen molar-refractivity contribution >= 4 is 34.5 Å². The quantitative estimate of drug-likeness (QED) is 0.377. The van der Waals surface area contributed by atoms with Crippen molar-refractivity contribution in [3.05, 3.63) is 35.1 Å². The molecule has 9 heteroatoms. The van der Waals surface area contributed by atoms with Crippen LogP contribution in [0.4, 0.5) is 5.13 Å². The van der Waals surface area contributed by atoms with Crippen molar-refractivity contribution in [2.75, 3.05) is 5.32 Å². The van der Waals surface area contributed by atoms with Gasteiger partial charge < -0.3 is 5.32 Å². The van der Waals surface area contributed by atoms with Gasteiger partial charge in [-0.3, -0.25) is 14.6 Å². The van der Waals surface area contributed by atoms with E-state index in [1.165, 1.54) is 17.6 Å². The number of pyridine rings is 1. The molecule has 2 heterocycles. The highest BCUT2D eigenvalue weighted by Gasteiger charge is 2.11. The van der Waals surface area contributed by atoms with Gasteiger partial charge in [0.15, 0.2) is 0 Å². The van der Waals surface area contributed by atoms with Crippen molar-refractivity contribution in [1.29, 1.82) is 0 Å². The van der Waals surface area contributed by atoms with E-state index in [2.05, 4.69) is 37.9 Å². The van der Waals surface area contributed by atoms with E-state index in [9.17, 15) is 9.59 Å². The number of amides is 2. The van der Waals surface area contributed by atoms with Crippen LogP contribution in [0.2, 0.25) is 0 Å². The van der Waals surface area contributed by atoms with E-state index in [4.69, 9.17) is 0 Å². The standard InChI is InChI=1S/C17H22N6O2S/c1-2-3-4-5-6-14(24)20-17-23-22-16(26-17)11-15(25)21-19-12-13-7-9-18-10-8-13/h7-10,12H,2-6,11H2,1H3,(H,21,25)(H,20,23,24). The topological polar surface area (TPSA) is 109 Å². The number of aromatic nitrogens is 3. The van der Waals surface area contributed by atoms with Crippen molar-refractivity contribution < 1.29 is 9.59 Å². The molecule has 0 saturated carbocycles. The summed E-state index contributed by atoms with van der Waals surface area (Å²) in [6, 6.07) is 3.55. The van der Waals surface area contributed by atoms with Crippen LogP contribution >= 0.6 is 11.3 Å². The molecule has 0 bridgehead atoms. The first kappa shape index (κ1) is 19.6. The van der Waals surface area contributed by atoms with Crippen LogP contribution in [0.3, 0.4) is 0 Å². The number of hydrogen-bond donors (Lipinski definition) is 2. The van der Waals surface area contributed by atoms with Crippen LogP contribution in [0.25, 0.3) is 0 Å². The summed E-state index contributed by atoms with van der Waals surface area (Å²) in [7, 11) is 0. The van der Waals surface area contributed by atoms with Crippen LogP contribution in [0.5, 0.6) is 0 Å². The van der Waals surface area contributed by atoms with Crippen LogP contribution in [-0.4, -0.2) is 33.2 Å². The fourth-order valence-corrected chi connectivity index (χ4v) is 2.83. The number of unbranched alkanes of at least 4 members (excludes halogenated alkanes) is 3. The molecular formula is C17H22N6O2S. The van der Waals surface area contributed by atoms with Gasteiger partial charge in [-0.1, -0.05) is 37.5 Å². The molecule has 2 N–H and O–H groups in total. The summed E-state index contributed by atoms with van der Waals surface area (Å²) in [6.45, 7) is 2.13. The van der Waals surface area contributed by atoms with Gasteiger partial charge in [-0.2, -0.15) is 5.10 Å². The number of hydrogen-bond acceptors (Lipinski definition) is 7. The van der Waals surface area contributed by atoms with Gasteiger partial charge in [-0.15, -0.1) is 10.2 Å². The summed E-state index contributed by atoms with van der Waals surface area (Å²) >= 11 is 1.19. The molecule has 2 aromatic rings. The minimum Gasteiger partial charge on any atom is -0.301 e. The molecule has 8 nitrogen and oxygen atoms in total. The number of rotatable bonds is 10. The number of nitrogens with one attached hydrogen (secondary N) is 2. The number of hydrazone groups is 1. The van der Waals surface area contributed by atoms with E-state index in [0.29, 0.717) is 16.6 Å². The highest BCUT2D eigenvalue weighted by Crippen LogP contribution is 2.16. The van der Waals surface area contributed by atoms with Gasteiger partial charge in [0.1, 0.15) is 5.01 Å². The molecule has 26 heavy (non-hydrogen) atoms. The van der Waals surface area contributed by atoms with Crippen molar-refractivity contribution in [3.8, 4) is 0 Å². The molecule has 0 radical (unpaired) electrons. The smallest absolute Gasteiger partial charge is 0.247 e. The molecule has 2 rings (SSSR count). The van der Waals surface area contributed by atoms with Crippen LogP contribution in [0.15, 0.2) is 29.6 Å². The zero-order chi connectivity index (χ0) is 18.6. The normalized spacial score (nSPS) is 10.8. The van der Waals surface area contributed by atoms with E-state index in [1.54, 1.807) is 24.5 Å². The third-order valence-electron chi connectivity index (χ3n) is 3.39. The highest BCUT2D eigenvalue weighted by molar-refractivity contribution is 7.15. The summed E-state index contributed by atoms with van der Waals surface area (Å²) in [5.74, 6) is -0.376. The van der Waals surface area contributed by atoms with Gasteiger partial charge in [0.05, 0.1) is 12.6 Å². The SMILES string of the molecule is CCCCCCC(=O)Nc1nnc(CC(=O)NN=Cc2ccncc2)s1. The second-order valence-electron chi connectivity index (χ2n) is 5.61. The van der Waals surface area contributed by atoms with Gasteiger partial charge in [-0.25, -0.2) is 5.43 Å². The predicted octanol–water partition coefficient (Wildman–Crippen LogP) is 2.53. The molecule has 0 aromatic carbocycles. The van der Waals surface area contributed by atoms with Crippen LogP contribution in [0, 0.1) is 0 Å². The first-order valence-electron chi connectivity index (χ1n) is 8.51. The molecule has 0 aliphatic carbocycles. The predicted molar refractivity (Wildman–Crippen MR) is 101 cm³/mol. The lowest BCUT2D eigenvalue weighted by atomic mass is 10.1. The Morgan fingerprint density at radius 1 is 1.15 bits per heavy atom. The minimum atomic E-state index is -0.302. The summed E-state index contributed by atoms with van der Waals surface area (Å²) in [4.78, 5) is 27.6. The maximum atomic E-state index is 11.9. The van der Waals surface area contributed by atoms with Crippen molar-refractivity contribution in [1.82, 2.24) is 20.6 Å². The van der Waals surface area contributed by atoms with Gasteiger partial charge in [0.2, 0.25) is 16.9 Å². The summed E-state index contributed by atoms with van der Waals surface area (Å²) in [5.41, 5.74) is 3.26. The second kappa shape index (κ2) is 11.0. The monoisotopic (exact) mass is 374 g/mol. The fourth-order valence-electron chi connectivity index (χ4n) is 2.07. The largest absolute Gasteiger partial charge is 0.301 e. The molecule has 0 spiro atoms. The van der Waals surface area contributed by atoms with Gasteiger partial charge >= 0.3 is 0 Å². The first-order valence-corrected chi connectivity index (χ1v) is 9.33. The maximum absolute atomic E-state index is 11.9. The van der Waals surface area contributed by atoms with Gasteiger partial charge in [0.25, 0.3) is 0 Å². The molecule has 0 aliphatic rings. The summed E-state index contributed by atoms with van der Waals surface area (Å²) in [5, 5.41) is 15.3. The molecule has 2 aromatic heterocycles. The summed E-state index contributed by atoms with van der Waals surface area (Å²) < 4.78 is 0. The van der Waals surface area contributed by atoms with Crippen LogP contribution in [0.1, 0.15) is 49.6 Å². The lowest BCUT2D eigenvalue weighted by Gasteiger charge is -2.00. The maximum Gasteiger partial charge on any atom is 0.247 e. The average molecular weight is 374 g/mol. The van der Waals surface area contributed by atoms with E-state index < -0.39 is 0 Å². The Morgan fingerprint density at radius 2 is 1.96 bits per heavy atom. The minimum absolute atomic E-state index is 0.0533. The van der Waals surface area contributed by atoms with E-state index >= 15 is 0 Å². The Bertz CT molecular complexity index is 732. The third kappa shape index (κ3) is 7.47. The van der Waals surface area contributed by atoms with Crippen molar-refractivity contribution in [2.24, 2.45) is 5.10 Å². The van der Waals surface area contributed by atoms with E-state index in [1.807, 2.05) is 0 Å². The van der Waals surface area contributed by atoms with Crippen LogP contribution in [-0.2, 0) is 16.0 Å². The lowest BCUT2D eigenvalue weighted by Crippen LogP contribution is -2.19. The highest BCUT2D eigenvalue weighted by atomic mass is 32.1. The van der Waals surface area contributed by atoms with E-state index in [0.717, 1.165) is 31.2 Å². The van der Waals surface area contributed by atoms with Gasteiger partial charge in [-0.05, 0) is 24.1 Å². The molecule has 0 fully saturated rings. The second-order valence-corrected chi connectivity index (χ2v) is 6.67. The fraction of sp³-hybridized carbons (Fsp3) is 0.412. The lowest BCUT2D eigenvalue weighted by molar-refractivity contribution is -0.120. The Balaban J connectivity index is 1.72. The third-order valence-corrected chi connectivity index (χ3v) is 4.23. The zero-order valence-electron chi connectivity index (χ0n) is 14.6. The van der Waals surface area contributed by atoms with Crippen molar-refractivity contribution in [3.63, 3.8) is 0 Å². The molecular weight excluding hydrogens is 352 g/mol. The Labute approximate surface area is 156 Å². The molecule has 0 atom stereocenters. The molecule has 0 aliphatic heterocycles. The number of carbonyl (C=O) groups excluding carboxylic acids is 2. The van der Waals surface area contributed by atoms with Gasteiger partial charge in [0, 0.05) is 18.8 Å². The number of nitrogens with zero attached hydrogens (tertiary/aromatic N) is 4.